The number of sulfone groups is 1. The number of rotatable bonds is 4. The average Bonchev–Trinajstić information content (AvgIpc) is 3.16. The van der Waals surface area contributed by atoms with Gasteiger partial charge in [-0.05, 0) is 24.6 Å². The lowest BCUT2D eigenvalue weighted by Crippen LogP contribution is -2.20. The minimum Gasteiger partial charge on any atom is -0.395 e. The summed E-state index contributed by atoms with van der Waals surface area (Å²) in [7, 11) is -2.12. The maximum atomic E-state index is 12.7. The molecule has 1 aromatic heterocycles. The number of nitrogens with zero attached hydrogens (tertiary/aromatic N) is 2. The lowest BCUT2D eigenvalue weighted by atomic mass is 9.96. The van der Waals surface area contributed by atoms with Crippen molar-refractivity contribution in [2.24, 2.45) is 12.2 Å². The summed E-state index contributed by atoms with van der Waals surface area (Å²) in [5, 5.41) is 6.53. The molecule has 0 spiro atoms. The van der Waals surface area contributed by atoms with Crippen LogP contribution in [0.2, 0.25) is 0 Å². The number of carbonyl (C=O) groups excluding carboxylic acids is 1. The Balaban J connectivity index is 2.21. The largest absolute Gasteiger partial charge is 0.395 e. The summed E-state index contributed by atoms with van der Waals surface area (Å²) in [6, 6.07) is 2.87. The first kappa shape index (κ1) is 17.2. The molecular weight excluding hydrogens is 346 g/mol. The lowest BCUT2D eigenvalue weighted by Gasteiger charge is -2.12. The van der Waals surface area contributed by atoms with E-state index in [-0.39, 0.29) is 16.0 Å². The highest BCUT2D eigenvalue weighted by Gasteiger charge is 2.26. The number of aromatic amines is 1. The number of carbonyl (C=O) groups is 1. The lowest BCUT2D eigenvalue weighted by molar-refractivity contribution is 0.103. The van der Waals surface area contributed by atoms with Crippen LogP contribution >= 0.6 is 0 Å². The highest BCUT2D eigenvalue weighted by molar-refractivity contribution is 7.90. The van der Waals surface area contributed by atoms with Crippen LogP contribution < -0.4 is 5.56 Å². The molecule has 0 aliphatic carbocycles. The molecule has 0 fully saturated rings. The van der Waals surface area contributed by atoms with E-state index in [9.17, 15) is 18.0 Å². The molecule has 0 bridgehead atoms. The summed E-state index contributed by atoms with van der Waals surface area (Å²) >= 11 is 0. The Hall–Kier alpha value is -2.68. The van der Waals surface area contributed by atoms with E-state index < -0.39 is 21.2 Å². The molecule has 132 valence electrons. The van der Waals surface area contributed by atoms with Gasteiger partial charge in [-0.25, -0.2) is 8.42 Å². The Morgan fingerprint density at radius 2 is 2.08 bits per heavy atom. The quantitative estimate of drug-likeness (QED) is 0.807. The molecule has 2 heterocycles. The van der Waals surface area contributed by atoms with Gasteiger partial charge in [0.05, 0.1) is 10.6 Å². The van der Waals surface area contributed by atoms with Gasteiger partial charge in [0.2, 0.25) is 0 Å². The van der Waals surface area contributed by atoms with E-state index in [1.165, 1.54) is 24.0 Å². The summed E-state index contributed by atoms with van der Waals surface area (Å²) in [5.74, 6) is -0.536. The molecule has 0 saturated carbocycles. The van der Waals surface area contributed by atoms with Crippen LogP contribution in [0.3, 0.4) is 0 Å². The Bertz CT molecular complexity index is 1060. The van der Waals surface area contributed by atoms with E-state index in [1.807, 2.05) is 0 Å². The zero-order chi connectivity index (χ0) is 18.4. The second-order valence-electron chi connectivity index (χ2n) is 5.94. The van der Waals surface area contributed by atoms with Gasteiger partial charge in [-0.1, -0.05) is 5.16 Å². The van der Waals surface area contributed by atoms with Crippen LogP contribution in [0.15, 0.2) is 33.2 Å². The Kier molecular flexibility index (Phi) is 4.11. The molecule has 3 rings (SSSR count). The van der Waals surface area contributed by atoms with Crippen molar-refractivity contribution >= 4 is 21.3 Å². The summed E-state index contributed by atoms with van der Waals surface area (Å²) in [6.45, 7) is 2.09. The number of nitrogens with one attached hydrogen (secondary N) is 1. The third-order valence-corrected chi connectivity index (χ3v) is 5.16. The third kappa shape index (κ3) is 3.02. The molecule has 1 aliphatic heterocycles. The van der Waals surface area contributed by atoms with Crippen molar-refractivity contribution < 1.29 is 18.0 Å². The maximum Gasteiger partial charge on any atom is 0.277 e. The fourth-order valence-electron chi connectivity index (χ4n) is 2.81. The van der Waals surface area contributed by atoms with Crippen LogP contribution in [0.25, 0.3) is 0 Å². The van der Waals surface area contributed by atoms with Gasteiger partial charge in [-0.2, -0.15) is 0 Å². The second-order valence-corrected chi connectivity index (χ2v) is 7.92. The van der Waals surface area contributed by atoms with E-state index in [0.29, 0.717) is 29.9 Å². The summed E-state index contributed by atoms with van der Waals surface area (Å²) in [6.07, 6.45) is 2.88. The van der Waals surface area contributed by atoms with Crippen LogP contribution in [0, 0.1) is 6.92 Å². The predicted octanol–water partition coefficient (Wildman–Crippen LogP) is 0.781. The first-order valence-corrected chi connectivity index (χ1v) is 9.42. The van der Waals surface area contributed by atoms with Crippen molar-refractivity contribution in [1.82, 2.24) is 9.78 Å². The smallest absolute Gasteiger partial charge is 0.277 e. The zero-order valence-corrected chi connectivity index (χ0v) is 14.8. The highest BCUT2D eigenvalue weighted by atomic mass is 32.2. The van der Waals surface area contributed by atoms with Crippen LogP contribution in [0.5, 0.6) is 0 Å². The number of H-pyrrole nitrogens is 1. The molecule has 25 heavy (non-hydrogen) atoms. The van der Waals surface area contributed by atoms with Gasteiger partial charge in [0.15, 0.2) is 15.6 Å². The Morgan fingerprint density at radius 3 is 2.60 bits per heavy atom. The van der Waals surface area contributed by atoms with E-state index >= 15 is 0 Å². The van der Waals surface area contributed by atoms with Gasteiger partial charge in [-0.3, -0.25) is 14.3 Å². The van der Waals surface area contributed by atoms with Crippen LogP contribution in [-0.2, 0) is 21.7 Å². The topological polar surface area (TPSA) is 111 Å². The number of aryl methyl sites for hydroxylation is 2. The van der Waals surface area contributed by atoms with E-state index in [1.54, 1.807) is 13.0 Å². The average molecular weight is 363 g/mol. The van der Waals surface area contributed by atoms with E-state index in [4.69, 9.17) is 4.84 Å². The minimum atomic E-state index is -3.62. The zero-order valence-electron chi connectivity index (χ0n) is 14.0. The van der Waals surface area contributed by atoms with Gasteiger partial charge in [0, 0.05) is 37.0 Å². The van der Waals surface area contributed by atoms with Crippen molar-refractivity contribution in [1.29, 1.82) is 0 Å². The summed E-state index contributed by atoms with van der Waals surface area (Å²) in [4.78, 5) is 29.6. The van der Waals surface area contributed by atoms with E-state index in [2.05, 4.69) is 10.3 Å². The molecule has 9 heteroatoms. The molecule has 1 aromatic carbocycles. The fourth-order valence-corrected chi connectivity index (χ4v) is 3.80. The highest BCUT2D eigenvalue weighted by Crippen LogP contribution is 2.26. The van der Waals surface area contributed by atoms with Gasteiger partial charge >= 0.3 is 0 Å². The first-order chi connectivity index (χ1) is 11.7. The fraction of sp³-hybridized carbons (Fsp3) is 0.312. The molecule has 0 saturated heterocycles. The van der Waals surface area contributed by atoms with Crippen molar-refractivity contribution in [2.45, 2.75) is 18.2 Å². The van der Waals surface area contributed by atoms with Gasteiger partial charge in [0.1, 0.15) is 12.2 Å². The number of ketones is 1. The number of hydrogen-bond donors (Lipinski definition) is 1. The summed E-state index contributed by atoms with van der Waals surface area (Å²) < 4.78 is 25.7. The maximum absolute atomic E-state index is 12.7. The van der Waals surface area contributed by atoms with Gasteiger partial charge < -0.3 is 9.94 Å². The Labute approximate surface area is 144 Å². The second kappa shape index (κ2) is 5.99. The van der Waals surface area contributed by atoms with Crippen molar-refractivity contribution in [3.8, 4) is 0 Å². The number of aromatic nitrogens is 2. The minimum absolute atomic E-state index is 0.00691. The van der Waals surface area contributed by atoms with Gasteiger partial charge in [0.25, 0.3) is 5.56 Å². The third-order valence-electron chi connectivity index (χ3n) is 4.04. The summed E-state index contributed by atoms with van der Waals surface area (Å²) in [5.41, 5.74) is 1.20. The van der Waals surface area contributed by atoms with Crippen LogP contribution in [0.1, 0.15) is 33.5 Å². The normalized spacial score (nSPS) is 14.3. The molecule has 8 nitrogen and oxygen atoms in total. The Morgan fingerprint density at radius 1 is 1.36 bits per heavy atom. The molecule has 0 unspecified atom stereocenters. The molecular formula is C16H17N3O5S. The van der Waals surface area contributed by atoms with Crippen molar-refractivity contribution in [3.05, 3.63) is 50.9 Å². The molecule has 1 N–H and O–H groups in total. The monoisotopic (exact) mass is 363 g/mol. The van der Waals surface area contributed by atoms with Crippen molar-refractivity contribution in [3.63, 3.8) is 0 Å². The molecule has 0 amide bonds. The van der Waals surface area contributed by atoms with Crippen LogP contribution in [-0.4, -0.2) is 42.6 Å². The van der Waals surface area contributed by atoms with Crippen LogP contribution in [0.4, 0.5) is 0 Å². The molecule has 1 aliphatic rings. The molecule has 2 aromatic rings. The SMILES string of the molecule is Cc1cc(C(=O)c2c[nH]n(C)c2=O)cc(S(C)(=O)=O)c1C1=NOCC1. The standard InChI is InChI=1S/C16H17N3O5S/c1-9-6-10(15(20)11-8-17-19(2)16(11)21)7-13(25(3,22)23)14(9)12-4-5-24-18-12/h6-8,17H,4-5H2,1-3H3. The first-order valence-electron chi connectivity index (χ1n) is 7.53. The number of hydrogen-bond acceptors (Lipinski definition) is 6. The molecule has 0 radical (unpaired) electrons. The predicted molar refractivity (Wildman–Crippen MR) is 90.9 cm³/mol. The number of benzene rings is 1. The number of oxime groups is 1. The van der Waals surface area contributed by atoms with Gasteiger partial charge in [-0.15, -0.1) is 0 Å². The molecule has 0 atom stereocenters. The van der Waals surface area contributed by atoms with E-state index in [0.717, 1.165) is 6.26 Å². The van der Waals surface area contributed by atoms with Crippen molar-refractivity contribution in [2.75, 3.05) is 12.9 Å².